The van der Waals surface area contributed by atoms with Gasteiger partial charge in [-0.2, -0.15) is 16.8 Å². The van der Waals surface area contributed by atoms with Crippen LogP contribution in [0.5, 0.6) is 17.2 Å². The minimum Gasteiger partial charge on any atom is -0.488 e. The number of pyridine rings is 1. The highest BCUT2D eigenvalue weighted by molar-refractivity contribution is 7.90. The van der Waals surface area contributed by atoms with Gasteiger partial charge in [-0.1, -0.05) is 47.1 Å². The normalized spacial score (nSPS) is 17.8. The van der Waals surface area contributed by atoms with Gasteiger partial charge in [-0.05, 0) is 113 Å². The predicted molar refractivity (Wildman–Crippen MR) is 388 cm³/mol. The molecule has 37 heteroatoms. The van der Waals surface area contributed by atoms with Crippen LogP contribution in [0.3, 0.4) is 0 Å². The molecule has 2 bridgehead atoms. The molecule has 0 aliphatic carbocycles. The number of hydrogen-bond acceptors (Lipinski definition) is 25. The molecule has 5 aromatic rings. The van der Waals surface area contributed by atoms with Gasteiger partial charge < -0.3 is 59.0 Å². The molecular formula is C67H97ClN13O19PS3. The van der Waals surface area contributed by atoms with Crippen molar-refractivity contribution in [2.45, 2.75) is 96.8 Å². The maximum atomic E-state index is 13.9. The van der Waals surface area contributed by atoms with Crippen molar-refractivity contribution in [2.75, 3.05) is 155 Å². The van der Waals surface area contributed by atoms with Crippen LogP contribution < -0.4 is 30.2 Å². The summed E-state index contributed by atoms with van der Waals surface area (Å²) in [5.74, 6) is -3.81. The minimum atomic E-state index is -4.73. The third kappa shape index (κ3) is 26.6. The second-order valence-electron chi connectivity index (χ2n) is 25.9. The first-order valence-electron chi connectivity index (χ1n) is 34.6. The van der Waals surface area contributed by atoms with E-state index < -0.39 is 84.9 Å². The Bertz CT molecular complexity index is 4130. The number of piperazine rings is 1. The van der Waals surface area contributed by atoms with Gasteiger partial charge in [-0.15, -0.1) is 5.10 Å². The lowest BCUT2D eigenvalue weighted by atomic mass is 9.93. The highest BCUT2D eigenvalue weighted by atomic mass is 35.5. The third-order valence-corrected chi connectivity index (χ3v) is 23.0. The van der Waals surface area contributed by atoms with Gasteiger partial charge in [0.1, 0.15) is 60.6 Å². The van der Waals surface area contributed by atoms with Gasteiger partial charge in [0.2, 0.25) is 17.7 Å². The molecule has 574 valence electrons. The number of carboxylic acid groups (broad SMARTS) is 1. The van der Waals surface area contributed by atoms with E-state index >= 15 is 0 Å². The Kier molecular flexibility index (Phi) is 31.2. The molecular weight excluding hydrogens is 1450 g/mol. The highest BCUT2D eigenvalue weighted by Crippen LogP contribution is 2.47. The number of aliphatic carboxylic acids is 1. The van der Waals surface area contributed by atoms with Crippen molar-refractivity contribution in [2.24, 2.45) is 0 Å². The van der Waals surface area contributed by atoms with E-state index in [1.165, 1.54) is 35.5 Å². The van der Waals surface area contributed by atoms with Gasteiger partial charge in [-0.25, -0.2) is 8.42 Å². The van der Waals surface area contributed by atoms with Crippen LogP contribution in [-0.2, 0) is 95.8 Å². The van der Waals surface area contributed by atoms with E-state index in [2.05, 4.69) is 45.9 Å². The number of carbonyl (C=O) groups is 4. The van der Waals surface area contributed by atoms with Crippen molar-refractivity contribution in [1.29, 1.82) is 0 Å². The quantitative estimate of drug-likeness (QED) is 0.0247. The zero-order valence-corrected chi connectivity index (χ0v) is 63.5. The number of halogens is 1. The number of fused-ring (bicyclic) bond motifs is 3. The molecule has 2 unspecified atom stereocenters. The monoisotopic (exact) mass is 1550 g/mol. The molecule has 0 saturated carbocycles. The van der Waals surface area contributed by atoms with Crippen LogP contribution in [0.25, 0.3) is 11.1 Å². The first-order chi connectivity index (χ1) is 49.4. The lowest BCUT2D eigenvalue weighted by Gasteiger charge is -2.36. The number of ether oxygens (including phenoxy) is 3. The van der Waals surface area contributed by atoms with Gasteiger partial charge in [0.05, 0.1) is 54.3 Å². The molecule has 3 aliphatic heterocycles. The Labute approximate surface area is 613 Å². The fourth-order valence-corrected chi connectivity index (χ4v) is 16.2. The SMILES string of the molecule is CCOP(=O)(CCNC(=O)[C@H](CS(=O)(=O)O)NCc1cc(Cl)c(OCc2cccc(-c3cccc(OCc4cn(CCCN5CCN(C(=O)[C@H](CS(=O)(=O)O)NC(=O)CN6CCCN7CCN(CCCN(CC(=O)O)CC7)CC6)CC5)nn4)c3C)c2C)cc1OCc1cncc(S(C)(=O)=O)c1)OCC. The summed E-state index contributed by atoms with van der Waals surface area (Å²) >= 11 is 6.90. The van der Waals surface area contributed by atoms with Crippen LogP contribution in [0.4, 0.5) is 0 Å². The van der Waals surface area contributed by atoms with Crippen molar-refractivity contribution in [1.82, 2.24) is 65.3 Å². The van der Waals surface area contributed by atoms with Gasteiger partial charge in [0.15, 0.2) is 9.84 Å². The summed E-state index contributed by atoms with van der Waals surface area (Å²) in [7, 11) is -16.6. The Balaban J connectivity index is 0.832. The van der Waals surface area contributed by atoms with E-state index in [4.69, 9.17) is 34.9 Å². The topological polar surface area (TPSA) is 394 Å². The summed E-state index contributed by atoms with van der Waals surface area (Å²) in [5, 5.41) is 26.2. The highest BCUT2D eigenvalue weighted by Gasteiger charge is 2.34. The molecule has 104 heavy (non-hydrogen) atoms. The van der Waals surface area contributed by atoms with Gasteiger partial charge in [0, 0.05) is 134 Å². The zero-order chi connectivity index (χ0) is 75.2. The average Bonchev–Trinajstić information content (AvgIpc) is 0.862. The molecule has 5 heterocycles. The largest absolute Gasteiger partial charge is 0.488 e. The zero-order valence-electron chi connectivity index (χ0n) is 59.4. The van der Waals surface area contributed by atoms with Crippen molar-refractivity contribution in [3.8, 4) is 28.4 Å². The molecule has 0 spiro atoms. The number of aromatic nitrogens is 4. The van der Waals surface area contributed by atoms with Crippen molar-refractivity contribution >= 4 is 73.0 Å². The second-order valence-corrected chi connectivity index (χ2v) is 33.5. The Morgan fingerprint density at radius 3 is 1.91 bits per heavy atom. The summed E-state index contributed by atoms with van der Waals surface area (Å²) in [4.78, 5) is 68.8. The van der Waals surface area contributed by atoms with Crippen LogP contribution in [0.15, 0.2) is 78.1 Å². The predicted octanol–water partition coefficient (Wildman–Crippen LogP) is 3.49. The first-order valence-corrected chi connectivity index (χ1v) is 41.8. The summed E-state index contributed by atoms with van der Waals surface area (Å²) in [6.45, 7) is 16.7. The molecule has 2 aromatic heterocycles. The third-order valence-electron chi connectivity index (χ3n) is 18.0. The van der Waals surface area contributed by atoms with Crippen LogP contribution in [0, 0.1) is 13.8 Å². The summed E-state index contributed by atoms with van der Waals surface area (Å²) in [6.07, 6.45) is 7.56. The smallest absolute Gasteiger partial charge is 0.332 e. The number of rotatable bonds is 36. The fourth-order valence-electron chi connectivity index (χ4n) is 12.5. The lowest BCUT2D eigenvalue weighted by molar-refractivity contribution is -0.138. The molecule has 3 amide bonds. The Morgan fingerprint density at radius 1 is 0.663 bits per heavy atom. The molecule has 3 saturated heterocycles. The number of nitrogens with zero attached hydrogens (tertiary/aromatic N) is 10. The van der Waals surface area contributed by atoms with Crippen molar-refractivity contribution in [3.63, 3.8) is 0 Å². The van der Waals surface area contributed by atoms with Gasteiger partial charge in [-0.3, -0.25) is 57.2 Å². The molecule has 8 rings (SSSR count). The fraction of sp³-hybridized carbons (Fsp3) is 0.567. The standard InChI is InChI=1S/C67H97ClN13O19PS3/c1-6-99-101(87,100-7-2)34-17-70-66(85)59(47-103(90,91)92)71-39-53-36-58(68)63(37-62(53)96-44-51-35-55(40-69-38-51)102(5,88)89)97-45-52-13-8-14-56(49(52)3)57-15-9-16-61(50(57)4)98-46-54-41-81(74-73-54)23-12-20-77-30-32-80(33-31-77)67(86)60(48-104(93,94)95)72-64(82)42-78-21-10-18-76-25-24-75(26-28-78)19-11-22-79(29-27-76)43-65(83)84/h8-9,13-16,35-38,40-41,59-60,71H,6-7,10-12,17-34,39,42-48H2,1-5H3,(H,70,85)(H,72,82)(H,83,84)(H,90,91,92)(H,93,94,95)/t59-,60-/m0/s1. The van der Waals surface area contributed by atoms with Gasteiger partial charge >= 0.3 is 13.6 Å². The lowest BCUT2D eigenvalue weighted by Crippen LogP contribution is -2.57. The number of sulfone groups is 1. The molecule has 32 nitrogen and oxygen atoms in total. The second kappa shape index (κ2) is 39.2. The molecule has 3 aliphatic rings. The molecule has 6 N–H and O–H groups in total. The number of aryl methyl sites for hydroxylation is 1. The Morgan fingerprint density at radius 2 is 1.27 bits per heavy atom. The van der Waals surface area contributed by atoms with Crippen LogP contribution >= 0.6 is 19.2 Å². The number of carbonyl (C=O) groups excluding carboxylic acids is 3. The molecule has 4 atom stereocenters. The van der Waals surface area contributed by atoms with E-state index in [-0.39, 0.29) is 99.9 Å². The maximum Gasteiger partial charge on any atom is 0.332 e. The molecule has 0 radical (unpaired) electrons. The number of amides is 3. The molecule has 3 fully saturated rings. The van der Waals surface area contributed by atoms with E-state index in [0.717, 1.165) is 79.6 Å². The summed E-state index contributed by atoms with van der Waals surface area (Å²) in [6, 6.07) is 13.0. The van der Waals surface area contributed by atoms with E-state index in [0.29, 0.717) is 87.9 Å². The minimum absolute atomic E-state index is 0.00342. The van der Waals surface area contributed by atoms with Crippen LogP contribution in [0.1, 0.15) is 66.6 Å². The van der Waals surface area contributed by atoms with E-state index in [1.54, 1.807) is 18.5 Å². The van der Waals surface area contributed by atoms with E-state index in [9.17, 15) is 63.2 Å². The van der Waals surface area contributed by atoms with Crippen molar-refractivity contribution < 1.29 is 86.5 Å². The summed E-state index contributed by atoms with van der Waals surface area (Å²) < 4.78 is 138. The van der Waals surface area contributed by atoms with Crippen molar-refractivity contribution in [3.05, 3.63) is 112 Å². The number of nitrogens with one attached hydrogen (secondary N) is 3. The average molecular weight is 1550 g/mol. The van der Waals surface area contributed by atoms with Gasteiger partial charge in [0.25, 0.3) is 20.2 Å². The van der Waals surface area contributed by atoms with Crippen LogP contribution in [-0.4, -0.2) is 280 Å². The van der Waals surface area contributed by atoms with E-state index in [1.807, 2.05) is 66.2 Å². The molecule has 3 aromatic carbocycles. The van der Waals surface area contributed by atoms with Crippen LogP contribution in [0.2, 0.25) is 5.02 Å². The number of benzene rings is 3. The first kappa shape index (κ1) is 82.8. The number of hydrogen-bond donors (Lipinski definition) is 6. The maximum absolute atomic E-state index is 13.9. The Hall–Kier alpha value is -6.80. The summed E-state index contributed by atoms with van der Waals surface area (Å²) in [5.41, 5.74) is 5.67. The number of carboxylic acids is 1.